The molecule has 0 amide bonds. The molecule has 25 heavy (non-hydrogen) atoms. The monoisotopic (exact) mass is 357 g/mol. The van der Waals surface area contributed by atoms with Gasteiger partial charge >= 0.3 is 5.97 Å². The van der Waals surface area contributed by atoms with Crippen molar-refractivity contribution in [3.05, 3.63) is 65.7 Å². The lowest BCUT2D eigenvalue weighted by Crippen LogP contribution is -2.00. The Bertz CT molecular complexity index is 911. The van der Waals surface area contributed by atoms with Crippen LogP contribution in [-0.4, -0.2) is 16.2 Å². The third kappa shape index (κ3) is 4.03. The van der Waals surface area contributed by atoms with Crippen LogP contribution < -0.4 is 5.48 Å². The predicted octanol–water partition coefficient (Wildman–Crippen LogP) is 4.53. The fraction of sp³-hybridized carbons (Fsp3) is 0.0556. The lowest BCUT2D eigenvalue weighted by Gasteiger charge is -2.08. The van der Waals surface area contributed by atoms with Gasteiger partial charge in [-0.25, -0.2) is 10.3 Å². The molecule has 0 aliphatic heterocycles. The summed E-state index contributed by atoms with van der Waals surface area (Å²) in [7, 11) is 0. The number of carboxylic acids is 1. The van der Waals surface area contributed by atoms with E-state index in [1.807, 2.05) is 31.2 Å². The van der Waals surface area contributed by atoms with Gasteiger partial charge in [-0.05, 0) is 65.7 Å². The Labute approximate surface area is 148 Å². The van der Waals surface area contributed by atoms with Gasteiger partial charge in [-0.1, -0.05) is 12.1 Å². The van der Waals surface area contributed by atoms with Crippen molar-refractivity contribution in [3.63, 3.8) is 0 Å². The number of benzene rings is 3. The van der Waals surface area contributed by atoms with Crippen LogP contribution in [-0.2, 0) is 9.32 Å². The van der Waals surface area contributed by atoms with E-state index in [9.17, 15) is 9.90 Å². The number of nitrogens with one attached hydrogen (secondary N) is 1. The molecule has 0 bridgehead atoms. The molecule has 3 rings (SSSR count). The number of phenolic OH excluding ortho intramolecular Hbond substituents is 1. The van der Waals surface area contributed by atoms with Gasteiger partial charge in [0.05, 0.1) is 23.3 Å². The molecule has 3 N–H and O–H groups in total. The zero-order valence-corrected chi connectivity index (χ0v) is 14.0. The van der Waals surface area contributed by atoms with Gasteiger partial charge in [0.1, 0.15) is 5.75 Å². The van der Waals surface area contributed by atoms with Gasteiger partial charge in [-0.15, -0.1) is 9.32 Å². The van der Waals surface area contributed by atoms with E-state index >= 15 is 0 Å². The van der Waals surface area contributed by atoms with Crippen molar-refractivity contribution >= 4 is 34.5 Å². The first kappa shape index (κ1) is 17.1. The maximum atomic E-state index is 10.8. The number of fused-ring (bicyclic) bond motifs is 1. The lowest BCUT2D eigenvalue weighted by molar-refractivity contribution is -0.161. The molecule has 0 unspecified atom stereocenters. The molecule has 0 heterocycles. The minimum atomic E-state index is -0.989. The number of aryl methyl sites for hydroxylation is 1. The zero-order valence-electron chi connectivity index (χ0n) is 13.2. The van der Waals surface area contributed by atoms with Crippen molar-refractivity contribution in [2.75, 3.05) is 5.48 Å². The molecule has 6 nitrogen and oxygen atoms in total. The highest BCUT2D eigenvalue weighted by Gasteiger charge is 2.05. The summed E-state index contributed by atoms with van der Waals surface area (Å²) in [6.45, 7) is 1.85. The number of phenols is 1. The van der Waals surface area contributed by atoms with Crippen LogP contribution in [0.15, 0.2) is 59.5 Å². The van der Waals surface area contributed by atoms with Crippen LogP contribution in [0.1, 0.15) is 15.9 Å². The minimum absolute atomic E-state index is 0.190. The van der Waals surface area contributed by atoms with Crippen LogP contribution in [0, 0.1) is 6.92 Å². The third-order valence-electron chi connectivity index (χ3n) is 3.69. The summed E-state index contributed by atoms with van der Waals surface area (Å²) >= 11 is 1.02. The van der Waals surface area contributed by atoms with Crippen LogP contribution in [0.2, 0.25) is 0 Å². The molecule has 3 aromatic rings. The second-order valence-corrected chi connectivity index (χ2v) is 6.09. The first-order valence-electron chi connectivity index (χ1n) is 7.36. The van der Waals surface area contributed by atoms with E-state index < -0.39 is 5.97 Å². The Morgan fingerprint density at radius 2 is 1.80 bits per heavy atom. The topological polar surface area (TPSA) is 88.0 Å². The van der Waals surface area contributed by atoms with Gasteiger partial charge in [0.25, 0.3) is 0 Å². The van der Waals surface area contributed by atoms with Crippen molar-refractivity contribution < 1.29 is 24.3 Å². The fourth-order valence-corrected chi connectivity index (χ4v) is 2.73. The Morgan fingerprint density at radius 3 is 2.52 bits per heavy atom. The van der Waals surface area contributed by atoms with Crippen molar-refractivity contribution in [2.45, 2.75) is 11.8 Å². The summed E-state index contributed by atoms with van der Waals surface area (Å²) in [6, 6.07) is 15.3. The number of hydrogen-bond acceptors (Lipinski definition) is 6. The van der Waals surface area contributed by atoms with Gasteiger partial charge in [0, 0.05) is 4.90 Å². The van der Waals surface area contributed by atoms with Gasteiger partial charge in [0.15, 0.2) is 0 Å². The molecular weight excluding hydrogens is 342 g/mol. The molecule has 0 saturated heterocycles. The van der Waals surface area contributed by atoms with E-state index in [0.29, 0.717) is 5.69 Å². The fourth-order valence-electron chi connectivity index (χ4n) is 2.29. The highest BCUT2D eigenvalue weighted by atomic mass is 32.2. The summed E-state index contributed by atoms with van der Waals surface area (Å²) in [5.74, 6) is -0.741. The smallest absolute Gasteiger partial charge is 0.335 e. The van der Waals surface area contributed by atoms with Crippen molar-refractivity contribution in [1.29, 1.82) is 0 Å². The summed E-state index contributed by atoms with van der Waals surface area (Å²) in [5, 5.41) is 20.6. The van der Waals surface area contributed by atoms with Crippen molar-refractivity contribution in [3.8, 4) is 5.75 Å². The lowest BCUT2D eigenvalue weighted by atomic mass is 10.1. The Hall–Kier alpha value is -2.74. The summed E-state index contributed by atoms with van der Waals surface area (Å²) in [5.41, 5.74) is 4.12. The van der Waals surface area contributed by atoms with E-state index in [1.165, 1.54) is 12.1 Å². The molecule has 3 aromatic carbocycles. The van der Waals surface area contributed by atoms with Gasteiger partial charge < -0.3 is 10.2 Å². The van der Waals surface area contributed by atoms with E-state index in [4.69, 9.17) is 14.4 Å². The van der Waals surface area contributed by atoms with E-state index in [2.05, 4.69) is 5.48 Å². The minimum Gasteiger partial charge on any atom is -0.508 e. The Balaban J connectivity index is 1.57. The molecule has 0 saturated carbocycles. The van der Waals surface area contributed by atoms with Crippen LogP contribution in [0.25, 0.3) is 10.8 Å². The molecule has 7 heteroatoms. The quantitative estimate of drug-likeness (QED) is 0.258. The number of hydrogen-bond donors (Lipinski definition) is 3. The summed E-state index contributed by atoms with van der Waals surface area (Å²) < 4.78 is 5.05. The second kappa shape index (κ2) is 7.43. The molecular formula is C18H15NO5S. The molecule has 0 aromatic heterocycles. The van der Waals surface area contributed by atoms with Crippen LogP contribution >= 0.6 is 12.0 Å². The maximum Gasteiger partial charge on any atom is 0.335 e. The normalized spacial score (nSPS) is 10.8. The van der Waals surface area contributed by atoms with Gasteiger partial charge in [-0.3, -0.25) is 0 Å². The first-order valence-corrected chi connectivity index (χ1v) is 8.10. The first-order chi connectivity index (χ1) is 12.0. The standard InChI is InChI=1S/C18H15NO5S/c1-11-16-10-15(8-4-12(16)5-9-17(11)20)25-24-23-19-14-6-2-13(3-7-14)18(21)22/h2-10,19-20H,1H3,(H,21,22). The Kier molecular flexibility index (Phi) is 5.08. The number of aromatic hydroxyl groups is 1. The largest absolute Gasteiger partial charge is 0.508 e. The number of carboxylic acid groups (broad SMARTS) is 1. The molecule has 128 valence electrons. The number of carbonyl (C=O) groups is 1. The summed E-state index contributed by atoms with van der Waals surface area (Å²) in [4.78, 5) is 16.5. The Morgan fingerprint density at radius 1 is 1.08 bits per heavy atom. The molecule has 0 atom stereocenters. The zero-order chi connectivity index (χ0) is 17.8. The van der Waals surface area contributed by atoms with Gasteiger partial charge in [-0.2, -0.15) is 0 Å². The van der Waals surface area contributed by atoms with E-state index in [1.54, 1.807) is 18.2 Å². The molecule has 0 fully saturated rings. The van der Waals surface area contributed by atoms with Gasteiger partial charge in [0.2, 0.25) is 0 Å². The highest BCUT2D eigenvalue weighted by molar-refractivity contribution is 7.94. The average molecular weight is 357 g/mol. The van der Waals surface area contributed by atoms with Crippen LogP contribution in [0.5, 0.6) is 5.75 Å². The number of aromatic carboxylic acids is 1. The number of anilines is 1. The van der Waals surface area contributed by atoms with Crippen molar-refractivity contribution in [1.82, 2.24) is 0 Å². The summed E-state index contributed by atoms with van der Waals surface area (Å²) in [6.07, 6.45) is 0. The SMILES string of the molecule is Cc1c(O)ccc2ccc(SOONc3ccc(C(=O)O)cc3)cc12. The van der Waals surface area contributed by atoms with E-state index in [0.717, 1.165) is 33.3 Å². The number of rotatable bonds is 6. The van der Waals surface area contributed by atoms with Crippen molar-refractivity contribution in [2.24, 2.45) is 0 Å². The molecule has 0 spiro atoms. The third-order valence-corrected chi connectivity index (χ3v) is 4.27. The van der Waals surface area contributed by atoms with Crippen LogP contribution in [0.4, 0.5) is 5.69 Å². The van der Waals surface area contributed by atoms with Crippen LogP contribution in [0.3, 0.4) is 0 Å². The maximum absolute atomic E-state index is 10.8. The average Bonchev–Trinajstić information content (AvgIpc) is 2.62. The highest BCUT2D eigenvalue weighted by Crippen LogP contribution is 2.30. The molecule has 0 aliphatic rings. The molecule has 0 radical (unpaired) electrons. The predicted molar refractivity (Wildman–Crippen MR) is 95.4 cm³/mol. The van der Waals surface area contributed by atoms with E-state index in [-0.39, 0.29) is 11.3 Å². The molecule has 0 aliphatic carbocycles. The second-order valence-electron chi connectivity index (χ2n) is 5.31.